The minimum Gasteiger partial charge on any atom is -0.312 e. The number of carbonyl (C=O) groups is 3. The number of amides is 3. The van der Waals surface area contributed by atoms with E-state index < -0.39 is 17.7 Å². The number of hydrogen-bond acceptors (Lipinski definition) is 3. The number of aryl methyl sites for hydroxylation is 1. The van der Waals surface area contributed by atoms with Crippen molar-refractivity contribution in [3.8, 4) is 0 Å². The molecule has 2 N–H and O–H groups in total. The summed E-state index contributed by atoms with van der Waals surface area (Å²) in [6, 6.07) is 11.9. The van der Waals surface area contributed by atoms with Crippen LogP contribution in [-0.2, 0) is 9.59 Å². The van der Waals surface area contributed by atoms with Gasteiger partial charge in [-0.1, -0.05) is 40.9 Å². The number of rotatable bonds is 3. The van der Waals surface area contributed by atoms with Crippen molar-refractivity contribution in [1.82, 2.24) is 10.9 Å². The van der Waals surface area contributed by atoms with Gasteiger partial charge >= 0.3 is 0 Å². The van der Waals surface area contributed by atoms with Crippen molar-refractivity contribution in [3.05, 3.63) is 63.6 Å². The first-order valence-electron chi connectivity index (χ1n) is 8.27. The van der Waals surface area contributed by atoms with Crippen molar-refractivity contribution < 1.29 is 14.4 Å². The Hall–Kier alpha value is -2.57. The molecular formula is C19H17Cl2N3O3. The number of anilines is 1. The van der Waals surface area contributed by atoms with Gasteiger partial charge in [0, 0.05) is 24.2 Å². The van der Waals surface area contributed by atoms with Crippen LogP contribution in [0, 0.1) is 12.8 Å². The van der Waals surface area contributed by atoms with Gasteiger partial charge in [0.25, 0.3) is 5.91 Å². The Kier molecular flexibility index (Phi) is 5.68. The molecule has 0 bridgehead atoms. The highest BCUT2D eigenvalue weighted by Gasteiger charge is 2.35. The molecular weight excluding hydrogens is 389 g/mol. The van der Waals surface area contributed by atoms with E-state index in [0.29, 0.717) is 5.02 Å². The van der Waals surface area contributed by atoms with Crippen LogP contribution in [0.5, 0.6) is 0 Å². The summed E-state index contributed by atoms with van der Waals surface area (Å²) < 4.78 is 0. The molecule has 3 amide bonds. The van der Waals surface area contributed by atoms with Gasteiger partial charge in [0.15, 0.2) is 0 Å². The van der Waals surface area contributed by atoms with Crippen LogP contribution in [-0.4, -0.2) is 24.3 Å². The molecule has 1 aliphatic heterocycles. The first-order valence-corrected chi connectivity index (χ1v) is 9.03. The lowest BCUT2D eigenvalue weighted by atomic mass is 10.1. The van der Waals surface area contributed by atoms with Crippen molar-refractivity contribution >= 4 is 46.6 Å². The summed E-state index contributed by atoms with van der Waals surface area (Å²) in [7, 11) is 0. The van der Waals surface area contributed by atoms with E-state index in [1.54, 1.807) is 4.90 Å². The molecule has 1 fully saturated rings. The number of hydrogen-bond donors (Lipinski definition) is 2. The predicted octanol–water partition coefficient (Wildman–Crippen LogP) is 3.12. The van der Waals surface area contributed by atoms with Crippen LogP contribution in [0.15, 0.2) is 42.5 Å². The van der Waals surface area contributed by atoms with E-state index in [0.717, 1.165) is 11.3 Å². The lowest BCUT2D eigenvalue weighted by Gasteiger charge is -2.17. The van der Waals surface area contributed by atoms with Gasteiger partial charge in [0.05, 0.1) is 16.0 Å². The number of carbonyl (C=O) groups excluding carboxylic acids is 3. The van der Waals surface area contributed by atoms with Gasteiger partial charge in [-0.05, 0) is 37.3 Å². The molecule has 0 aliphatic carbocycles. The summed E-state index contributed by atoms with van der Waals surface area (Å²) in [6.45, 7) is 2.22. The zero-order chi connectivity index (χ0) is 19.6. The second-order valence-electron chi connectivity index (χ2n) is 6.31. The maximum Gasteiger partial charge on any atom is 0.269 e. The third-order valence-electron chi connectivity index (χ3n) is 4.32. The minimum absolute atomic E-state index is 0.0857. The van der Waals surface area contributed by atoms with Crippen LogP contribution in [0.25, 0.3) is 0 Å². The van der Waals surface area contributed by atoms with Gasteiger partial charge in [0.2, 0.25) is 11.8 Å². The molecule has 27 heavy (non-hydrogen) atoms. The maximum absolute atomic E-state index is 12.3. The van der Waals surface area contributed by atoms with Crippen molar-refractivity contribution in [3.63, 3.8) is 0 Å². The third kappa shape index (κ3) is 4.40. The van der Waals surface area contributed by atoms with Gasteiger partial charge in [-0.15, -0.1) is 0 Å². The monoisotopic (exact) mass is 405 g/mol. The number of nitrogens with one attached hydrogen (secondary N) is 2. The van der Waals surface area contributed by atoms with E-state index in [1.807, 2.05) is 31.2 Å². The van der Waals surface area contributed by atoms with E-state index in [2.05, 4.69) is 10.9 Å². The van der Waals surface area contributed by atoms with Crippen molar-refractivity contribution in [2.75, 3.05) is 11.4 Å². The average Bonchev–Trinajstić information content (AvgIpc) is 3.04. The highest BCUT2D eigenvalue weighted by Crippen LogP contribution is 2.25. The Morgan fingerprint density at radius 2 is 1.74 bits per heavy atom. The van der Waals surface area contributed by atoms with Gasteiger partial charge < -0.3 is 4.90 Å². The van der Waals surface area contributed by atoms with E-state index in [4.69, 9.17) is 23.2 Å². The Morgan fingerprint density at radius 3 is 2.41 bits per heavy atom. The molecule has 3 rings (SSSR count). The summed E-state index contributed by atoms with van der Waals surface area (Å²) in [6.07, 6.45) is 0.0857. The number of halogens is 2. The quantitative estimate of drug-likeness (QED) is 0.769. The lowest BCUT2D eigenvalue weighted by molar-refractivity contribution is -0.126. The largest absolute Gasteiger partial charge is 0.312 e. The maximum atomic E-state index is 12.3. The average molecular weight is 406 g/mol. The Bertz CT molecular complexity index is 900. The summed E-state index contributed by atoms with van der Waals surface area (Å²) in [5.74, 6) is -1.63. The molecule has 1 aliphatic rings. The van der Waals surface area contributed by atoms with E-state index in [9.17, 15) is 14.4 Å². The van der Waals surface area contributed by atoms with Gasteiger partial charge in [-0.2, -0.15) is 0 Å². The zero-order valence-corrected chi connectivity index (χ0v) is 16.0. The second-order valence-corrected chi connectivity index (χ2v) is 7.13. The first-order chi connectivity index (χ1) is 12.8. The Labute approximate surface area is 166 Å². The molecule has 1 atom stereocenters. The summed E-state index contributed by atoms with van der Waals surface area (Å²) in [5.41, 5.74) is 6.79. The van der Waals surface area contributed by atoms with Crippen LogP contribution in [0.2, 0.25) is 10.0 Å². The standard InChI is InChI=1S/C19H17Cl2N3O3/c1-11-2-5-14(6-3-11)24-10-13(9-17(24)25)19(27)23-22-18(26)12-4-7-15(20)16(21)8-12/h2-8,13H,9-10H2,1H3,(H,22,26)(H,23,27)/t13-/m0/s1. The van der Waals surface area contributed by atoms with Crippen LogP contribution in [0.3, 0.4) is 0 Å². The highest BCUT2D eigenvalue weighted by molar-refractivity contribution is 6.42. The molecule has 0 radical (unpaired) electrons. The third-order valence-corrected chi connectivity index (χ3v) is 5.06. The molecule has 0 saturated carbocycles. The minimum atomic E-state index is -0.548. The highest BCUT2D eigenvalue weighted by atomic mass is 35.5. The normalized spacial score (nSPS) is 16.3. The number of hydrazine groups is 1. The Balaban J connectivity index is 1.58. The van der Waals surface area contributed by atoms with Crippen molar-refractivity contribution in [1.29, 1.82) is 0 Å². The summed E-state index contributed by atoms with van der Waals surface area (Å²) in [4.78, 5) is 38.2. The van der Waals surface area contributed by atoms with Crippen molar-refractivity contribution in [2.45, 2.75) is 13.3 Å². The first kappa shape index (κ1) is 19.2. The lowest BCUT2D eigenvalue weighted by Crippen LogP contribution is -2.45. The van der Waals surface area contributed by atoms with Crippen molar-refractivity contribution in [2.24, 2.45) is 5.92 Å². The van der Waals surface area contributed by atoms with Gasteiger partial charge in [0.1, 0.15) is 0 Å². The van der Waals surface area contributed by atoms with E-state index in [-0.39, 0.29) is 29.5 Å². The molecule has 0 spiro atoms. The predicted molar refractivity (Wildman–Crippen MR) is 104 cm³/mol. The molecule has 140 valence electrons. The smallest absolute Gasteiger partial charge is 0.269 e. The molecule has 1 heterocycles. The molecule has 1 saturated heterocycles. The van der Waals surface area contributed by atoms with Crippen LogP contribution in [0.4, 0.5) is 5.69 Å². The number of nitrogens with zero attached hydrogens (tertiary/aromatic N) is 1. The topological polar surface area (TPSA) is 78.5 Å². The zero-order valence-electron chi connectivity index (χ0n) is 14.5. The number of benzene rings is 2. The van der Waals surface area contributed by atoms with Crippen LogP contribution >= 0.6 is 23.2 Å². The summed E-state index contributed by atoms with van der Waals surface area (Å²) in [5, 5.41) is 0.573. The SMILES string of the molecule is Cc1ccc(N2C[C@@H](C(=O)NNC(=O)c3ccc(Cl)c(Cl)c3)CC2=O)cc1. The molecule has 0 unspecified atom stereocenters. The fourth-order valence-corrected chi connectivity index (χ4v) is 3.09. The van der Waals surface area contributed by atoms with Crippen LogP contribution < -0.4 is 15.8 Å². The fourth-order valence-electron chi connectivity index (χ4n) is 2.79. The van der Waals surface area contributed by atoms with Crippen LogP contribution in [0.1, 0.15) is 22.3 Å². The Morgan fingerprint density at radius 1 is 1.04 bits per heavy atom. The van der Waals surface area contributed by atoms with Gasteiger partial charge in [-0.25, -0.2) is 0 Å². The molecule has 2 aromatic rings. The summed E-state index contributed by atoms with van der Waals surface area (Å²) >= 11 is 11.7. The van der Waals surface area contributed by atoms with E-state index >= 15 is 0 Å². The van der Waals surface area contributed by atoms with Gasteiger partial charge in [-0.3, -0.25) is 25.2 Å². The molecule has 6 nitrogen and oxygen atoms in total. The second kappa shape index (κ2) is 7.98. The molecule has 8 heteroatoms. The van der Waals surface area contributed by atoms with E-state index in [1.165, 1.54) is 18.2 Å². The molecule has 0 aromatic heterocycles. The molecule has 2 aromatic carbocycles. The fraction of sp³-hybridized carbons (Fsp3) is 0.211.